The van der Waals surface area contributed by atoms with Crippen LogP contribution >= 0.6 is 11.3 Å². The number of nitrogens with zero attached hydrogens (tertiary/aromatic N) is 1. The smallest absolute Gasteiger partial charge is 0.240 e. The van der Waals surface area contributed by atoms with E-state index in [0.717, 1.165) is 36.3 Å². The molecule has 0 aliphatic carbocycles. The first kappa shape index (κ1) is 13.5. The molecule has 106 valence electrons. The van der Waals surface area contributed by atoms with Gasteiger partial charge in [-0.3, -0.25) is 0 Å². The molecule has 2 aromatic rings. The third-order valence-corrected chi connectivity index (χ3v) is 5.29. The van der Waals surface area contributed by atoms with Crippen molar-refractivity contribution in [3.05, 3.63) is 40.3 Å². The Balaban J connectivity index is 1.80. The largest absolute Gasteiger partial charge is 0.385 e. The Morgan fingerprint density at radius 2 is 2.30 bits per heavy atom. The van der Waals surface area contributed by atoms with E-state index in [-0.39, 0.29) is 6.54 Å². The minimum absolute atomic E-state index is 0.223. The number of aromatic nitrogens is 1. The summed E-state index contributed by atoms with van der Waals surface area (Å²) >= 11 is 1.45. The molecule has 1 aromatic carbocycles. The molecule has 0 bridgehead atoms. The fraction of sp³-hybridized carbons (Fsp3) is 0.308. The zero-order chi connectivity index (χ0) is 14.0. The molecule has 1 aliphatic rings. The van der Waals surface area contributed by atoms with Gasteiger partial charge >= 0.3 is 0 Å². The number of anilines is 1. The van der Waals surface area contributed by atoms with Crippen LogP contribution in [0.15, 0.2) is 34.0 Å². The molecule has 0 radical (unpaired) electrons. The van der Waals surface area contributed by atoms with E-state index >= 15 is 0 Å². The van der Waals surface area contributed by atoms with Crippen LogP contribution in [0.4, 0.5) is 5.69 Å². The number of aryl methyl sites for hydroxylation is 1. The summed E-state index contributed by atoms with van der Waals surface area (Å²) in [6, 6.07) is 5.23. The molecule has 0 saturated heterocycles. The Kier molecular flexibility index (Phi) is 3.73. The quantitative estimate of drug-likeness (QED) is 0.906. The van der Waals surface area contributed by atoms with Gasteiger partial charge in [-0.05, 0) is 36.6 Å². The van der Waals surface area contributed by atoms with E-state index in [0.29, 0.717) is 4.90 Å². The van der Waals surface area contributed by atoms with Crippen molar-refractivity contribution in [2.75, 3.05) is 11.9 Å². The first-order valence-electron chi connectivity index (χ1n) is 6.39. The molecule has 7 heteroatoms. The van der Waals surface area contributed by atoms with E-state index in [1.54, 1.807) is 17.6 Å². The second-order valence-corrected chi connectivity index (χ2v) is 7.14. The molecule has 0 saturated carbocycles. The van der Waals surface area contributed by atoms with Crippen molar-refractivity contribution in [1.82, 2.24) is 9.71 Å². The SMILES string of the molecule is O=S(=O)(NCc1cscn1)c1ccc2c(c1)CCCN2. The fourth-order valence-electron chi connectivity index (χ4n) is 2.20. The van der Waals surface area contributed by atoms with E-state index in [2.05, 4.69) is 15.0 Å². The Morgan fingerprint density at radius 1 is 1.40 bits per heavy atom. The molecule has 0 spiro atoms. The summed E-state index contributed by atoms with van der Waals surface area (Å²) in [6.45, 7) is 1.17. The third-order valence-electron chi connectivity index (χ3n) is 3.25. The molecular weight excluding hydrogens is 294 g/mol. The highest BCUT2D eigenvalue weighted by Crippen LogP contribution is 2.24. The van der Waals surface area contributed by atoms with Gasteiger partial charge in [0.25, 0.3) is 0 Å². The number of nitrogens with one attached hydrogen (secondary N) is 2. The number of benzene rings is 1. The number of hydrogen-bond acceptors (Lipinski definition) is 5. The number of hydrogen-bond donors (Lipinski definition) is 2. The molecule has 3 rings (SSSR count). The van der Waals surface area contributed by atoms with Crippen LogP contribution in [0.1, 0.15) is 17.7 Å². The summed E-state index contributed by atoms with van der Waals surface area (Å²) in [5.74, 6) is 0. The molecule has 20 heavy (non-hydrogen) atoms. The molecule has 1 aliphatic heterocycles. The van der Waals surface area contributed by atoms with Crippen LogP contribution in [-0.2, 0) is 23.0 Å². The first-order valence-corrected chi connectivity index (χ1v) is 8.81. The van der Waals surface area contributed by atoms with Crippen molar-refractivity contribution >= 4 is 27.0 Å². The molecule has 0 amide bonds. The summed E-state index contributed by atoms with van der Waals surface area (Å²) in [7, 11) is -3.48. The second kappa shape index (κ2) is 5.51. The van der Waals surface area contributed by atoms with Crippen LogP contribution in [0, 0.1) is 0 Å². The number of fused-ring (bicyclic) bond motifs is 1. The summed E-state index contributed by atoms with van der Waals surface area (Å²) in [5, 5.41) is 5.10. The van der Waals surface area contributed by atoms with Gasteiger partial charge in [0.15, 0.2) is 0 Å². The number of sulfonamides is 1. The summed E-state index contributed by atoms with van der Waals surface area (Å²) in [4.78, 5) is 4.38. The monoisotopic (exact) mass is 309 g/mol. The van der Waals surface area contributed by atoms with Crippen LogP contribution in [0.2, 0.25) is 0 Å². The highest BCUT2D eigenvalue weighted by molar-refractivity contribution is 7.89. The van der Waals surface area contributed by atoms with Crippen LogP contribution in [0.3, 0.4) is 0 Å². The predicted octanol–water partition coefficient (Wildman–Crippen LogP) is 1.98. The van der Waals surface area contributed by atoms with Gasteiger partial charge in [-0.15, -0.1) is 11.3 Å². The van der Waals surface area contributed by atoms with E-state index in [1.807, 2.05) is 11.4 Å². The van der Waals surface area contributed by atoms with Gasteiger partial charge in [0.2, 0.25) is 10.0 Å². The zero-order valence-corrected chi connectivity index (χ0v) is 12.4. The van der Waals surface area contributed by atoms with Crippen molar-refractivity contribution in [1.29, 1.82) is 0 Å². The average molecular weight is 309 g/mol. The van der Waals surface area contributed by atoms with Crippen LogP contribution in [-0.4, -0.2) is 19.9 Å². The Morgan fingerprint density at radius 3 is 3.10 bits per heavy atom. The van der Waals surface area contributed by atoms with Crippen LogP contribution in [0.25, 0.3) is 0 Å². The predicted molar refractivity (Wildman–Crippen MR) is 79.4 cm³/mol. The van der Waals surface area contributed by atoms with Crippen molar-refractivity contribution in [2.45, 2.75) is 24.3 Å². The number of thiazole rings is 1. The highest BCUT2D eigenvalue weighted by atomic mass is 32.2. The molecule has 0 fully saturated rings. The van der Waals surface area contributed by atoms with Crippen molar-refractivity contribution in [3.8, 4) is 0 Å². The fourth-order valence-corrected chi connectivity index (χ4v) is 3.80. The number of rotatable bonds is 4. The first-order chi connectivity index (χ1) is 9.65. The average Bonchev–Trinajstić information content (AvgIpc) is 2.98. The Hall–Kier alpha value is -1.44. The van der Waals surface area contributed by atoms with Crippen LogP contribution < -0.4 is 10.0 Å². The van der Waals surface area contributed by atoms with Gasteiger partial charge < -0.3 is 5.32 Å². The maximum Gasteiger partial charge on any atom is 0.240 e. The van der Waals surface area contributed by atoms with E-state index in [1.165, 1.54) is 11.3 Å². The van der Waals surface area contributed by atoms with Gasteiger partial charge in [0.1, 0.15) is 0 Å². The Labute approximate surface area is 122 Å². The third kappa shape index (κ3) is 2.84. The maximum atomic E-state index is 12.3. The molecule has 2 heterocycles. The van der Waals surface area contributed by atoms with Gasteiger partial charge in [0, 0.05) is 17.6 Å². The van der Waals surface area contributed by atoms with Gasteiger partial charge in [-0.1, -0.05) is 0 Å². The standard InChI is InChI=1S/C13H15N3O2S2/c17-20(18,16-7-11-8-19-9-15-11)12-3-4-13-10(6-12)2-1-5-14-13/h3-4,6,8-9,14,16H,1-2,5,7H2. The summed E-state index contributed by atoms with van der Waals surface area (Å²) in [5.41, 5.74) is 4.52. The van der Waals surface area contributed by atoms with Crippen molar-refractivity contribution in [3.63, 3.8) is 0 Å². The minimum atomic E-state index is -3.48. The second-order valence-electron chi connectivity index (χ2n) is 4.65. The minimum Gasteiger partial charge on any atom is -0.385 e. The lowest BCUT2D eigenvalue weighted by Gasteiger charge is -2.18. The topological polar surface area (TPSA) is 71.1 Å². The van der Waals surface area contributed by atoms with E-state index in [4.69, 9.17) is 0 Å². The molecule has 5 nitrogen and oxygen atoms in total. The molecule has 0 unspecified atom stereocenters. The lowest BCUT2D eigenvalue weighted by atomic mass is 10.0. The molecule has 2 N–H and O–H groups in total. The lowest BCUT2D eigenvalue weighted by Crippen LogP contribution is -2.24. The normalized spacial score (nSPS) is 14.6. The molecular formula is C13H15N3O2S2. The highest BCUT2D eigenvalue weighted by Gasteiger charge is 2.17. The van der Waals surface area contributed by atoms with E-state index < -0.39 is 10.0 Å². The van der Waals surface area contributed by atoms with Gasteiger partial charge in [-0.2, -0.15) is 0 Å². The van der Waals surface area contributed by atoms with Gasteiger partial charge in [0.05, 0.1) is 22.6 Å². The van der Waals surface area contributed by atoms with Crippen LogP contribution in [0.5, 0.6) is 0 Å². The van der Waals surface area contributed by atoms with Crippen molar-refractivity contribution in [2.24, 2.45) is 0 Å². The molecule has 1 aromatic heterocycles. The molecule has 0 atom stereocenters. The van der Waals surface area contributed by atoms with E-state index in [9.17, 15) is 8.42 Å². The summed E-state index contributed by atoms with van der Waals surface area (Å²) < 4.78 is 27.1. The zero-order valence-electron chi connectivity index (χ0n) is 10.8. The van der Waals surface area contributed by atoms with Crippen molar-refractivity contribution < 1.29 is 8.42 Å². The Bertz CT molecular complexity index is 696. The lowest BCUT2D eigenvalue weighted by molar-refractivity contribution is 0.580. The maximum absolute atomic E-state index is 12.3. The summed E-state index contributed by atoms with van der Waals surface area (Å²) in [6.07, 6.45) is 1.94. The van der Waals surface area contributed by atoms with Gasteiger partial charge in [-0.25, -0.2) is 18.1 Å².